The molecule has 5 nitrogen and oxygen atoms in total. The number of aliphatic hydroxyl groups is 1. The largest absolute Gasteiger partial charge is 0.392 e. The average molecular weight is 344 g/mol. The minimum Gasteiger partial charge on any atom is -0.392 e. The number of aromatic amines is 1. The smallest absolute Gasteiger partial charge is 0.251 e. The molecule has 0 spiro atoms. The molecule has 1 aliphatic carbocycles. The highest BCUT2D eigenvalue weighted by Crippen LogP contribution is 2.40. The van der Waals surface area contributed by atoms with Crippen LogP contribution in [0.4, 0.5) is 4.39 Å². The molecule has 2 unspecified atom stereocenters. The van der Waals surface area contributed by atoms with Gasteiger partial charge in [-0.1, -0.05) is 18.6 Å². The molecule has 3 N–H and O–H groups in total. The van der Waals surface area contributed by atoms with E-state index < -0.39 is 11.5 Å². The molecule has 25 heavy (non-hydrogen) atoms. The van der Waals surface area contributed by atoms with Gasteiger partial charge in [-0.3, -0.25) is 9.59 Å². The molecule has 1 fully saturated rings. The fraction of sp³-hybridized carbons (Fsp3) is 0.368. The van der Waals surface area contributed by atoms with E-state index in [9.17, 15) is 19.1 Å². The van der Waals surface area contributed by atoms with Crippen molar-refractivity contribution in [2.75, 3.05) is 6.54 Å². The quantitative estimate of drug-likeness (QED) is 0.776. The van der Waals surface area contributed by atoms with E-state index in [0.717, 1.165) is 18.4 Å². The number of pyridine rings is 1. The minimum atomic E-state index is -0.531. The SMILES string of the molecule is O=C(NCC1(Cc2ccc(F)cc2)CCCC1O)c1cc[nH]c(=O)c1. The van der Waals surface area contributed by atoms with Crippen LogP contribution in [0.5, 0.6) is 0 Å². The number of hydrogen-bond donors (Lipinski definition) is 3. The lowest BCUT2D eigenvalue weighted by Crippen LogP contribution is -2.44. The summed E-state index contributed by atoms with van der Waals surface area (Å²) in [5.41, 5.74) is 0.393. The molecule has 6 heteroatoms. The van der Waals surface area contributed by atoms with E-state index in [1.54, 1.807) is 12.1 Å². The van der Waals surface area contributed by atoms with Crippen LogP contribution in [-0.4, -0.2) is 28.6 Å². The molecule has 132 valence electrons. The van der Waals surface area contributed by atoms with E-state index in [4.69, 9.17) is 0 Å². The monoisotopic (exact) mass is 344 g/mol. The molecule has 1 aliphatic rings. The number of rotatable bonds is 5. The van der Waals surface area contributed by atoms with Gasteiger partial charge in [0.2, 0.25) is 5.56 Å². The van der Waals surface area contributed by atoms with Crippen LogP contribution in [0.15, 0.2) is 47.4 Å². The summed E-state index contributed by atoms with van der Waals surface area (Å²) in [6.07, 6.45) is 3.80. The van der Waals surface area contributed by atoms with Gasteiger partial charge in [-0.15, -0.1) is 0 Å². The summed E-state index contributed by atoms with van der Waals surface area (Å²) in [4.78, 5) is 26.1. The molecule has 1 aromatic carbocycles. The van der Waals surface area contributed by atoms with Crippen molar-refractivity contribution in [1.29, 1.82) is 0 Å². The first kappa shape index (κ1) is 17.4. The number of benzene rings is 1. The Balaban J connectivity index is 1.74. The lowest BCUT2D eigenvalue weighted by Gasteiger charge is -2.33. The van der Waals surface area contributed by atoms with E-state index >= 15 is 0 Å². The number of aliphatic hydroxyl groups excluding tert-OH is 1. The van der Waals surface area contributed by atoms with Gasteiger partial charge in [-0.2, -0.15) is 0 Å². The number of aromatic nitrogens is 1. The topological polar surface area (TPSA) is 82.2 Å². The number of amides is 1. The number of carbonyl (C=O) groups excluding carboxylic acids is 1. The number of halogens is 1. The van der Waals surface area contributed by atoms with Crippen LogP contribution in [0, 0.1) is 11.2 Å². The molecule has 2 aromatic rings. The zero-order valence-corrected chi connectivity index (χ0v) is 13.8. The third kappa shape index (κ3) is 3.96. The maximum absolute atomic E-state index is 13.1. The zero-order valence-electron chi connectivity index (χ0n) is 13.8. The van der Waals surface area contributed by atoms with Crippen molar-refractivity contribution < 1.29 is 14.3 Å². The summed E-state index contributed by atoms with van der Waals surface area (Å²) in [6.45, 7) is 0.303. The Kier molecular flexibility index (Phi) is 4.99. The summed E-state index contributed by atoms with van der Waals surface area (Å²) in [7, 11) is 0. The highest BCUT2D eigenvalue weighted by Gasteiger charge is 2.42. The number of hydrogen-bond acceptors (Lipinski definition) is 3. The normalized spacial score (nSPS) is 22.7. The molecule has 0 radical (unpaired) electrons. The molecule has 1 amide bonds. The van der Waals surface area contributed by atoms with Crippen LogP contribution in [-0.2, 0) is 6.42 Å². The predicted octanol–water partition coefficient (Wildman–Crippen LogP) is 2.02. The molecule has 0 bridgehead atoms. The van der Waals surface area contributed by atoms with E-state index in [-0.39, 0.29) is 22.8 Å². The van der Waals surface area contributed by atoms with Crippen LogP contribution < -0.4 is 10.9 Å². The molecular weight excluding hydrogens is 323 g/mol. The molecule has 0 saturated heterocycles. The summed E-state index contributed by atoms with van der Waals surface area (Å²) in [5, 5.41) is 13.3. The first-order valence-corrected chi connectivity index (χ1v) is 8.38. The third-order valence-electron chi connectivity index (χ3n) is 4.97. The van der Waals surface area contributed by atoms with Crippen molar-refractivity contribution in [1.82, 2.24) is 10.3 Å². The Labute approximate surface area is 144 Å². The zero-order chi connectivity index (χ0) is 17.9. The van der Waals surface area contributed by atoms with E-state index in [0.29, 0.717) is 19.4 Å². The number of H-pyrrole nitrogens is 1. The molecule has 1 heterocycles. The van der Waals surface area contributed by atoms with Crippen molar-refractivity contribution in [3.05, 3.63) is 69.9 Å². The van der Waals surface area contributed by atoms with Crippen LogP contribution in [0.25, 0.3) is 0 Å². The molecule has 3 rings (SSSR count). The number of nitrogens with one attached hydrogen (secondary N) is 2. The Morgan fingerprint density at radius 1 is 1.32 bits per heavy atom. The van der Waals surface area contributed by atoms with Crippen LogP contribution in [0.2, 0.25) is 0 Å². The lowest BCUT2D eigenvalue weighted by molar-refractivity contribution is 0.0500. The second-order valence-electron chi connectivity index (χ2n) is 6.70. The Hall–Kier alpha value is -2.47. The first-order valence-electron chi connectivity index (χ1n) is 8.38. The molecule has 0 aliphatic heterocycles. The Bertz CT molecular complexity index is 803. The van der Waals surface area contributed by atoms with Crippen molar-refractivity contribution in [3.8, 4) is 0 Å². The van der Waals surface area contributed by atoms with Gasteiger partial charge in [0.15, 0.2) is 0 Å². The van der Waals surface area contributed by atoms with Gasteiger partial charge in [0.05, 0.1) is 6.10 Å². The summed E-state index contributed by atoms with van der Waals surface area (Å²) in [6, 6.07) is 9.00. The lowest BCUT2D eigenvalue weighted by atomic mass is 9.78. The van der Waals surface area contributed by atoms with E-state index in [1.165, 1.54) is 30.5 Å². The Morgan fingerprint density at radius 3 is 2.72 bits per heavy atom. The molecule has 1 aromatic heterocycles. The molecule has 2 atom stereocenters. The van der Waals surface area contributed by atoms with Gasteiger partial charge in [0, 0.05) is 29.8 Å². The van der Waals surface area contributed by atoms with Gasteiger partial charge in [-0.25, -0.2) is 4.39 Å². The third-order valence-corrected chi connectivity index (χ3v) is 4.97. The first-order chi connectivity index (χ1) is 12.0. The molecule has 1 saturated carbocycles. The highest BCUT2D eigenvalue weighted by atomic mass is 19.1. The standard InChI is InChI=1S/C19H21FN2O3/c20-15-5-3-13(4-6-15)11-19(8-1-2-16(19)23)12-22-18(25)14-7-9-21-17(24)10-14/h3-7,9-10,16,23H,1-2,8,11-12H2,(H,21,24)(H,22,25). The van der Waals surface area contributed by atoms with Crippen LogP contribution in [0.1, 0.15) is 35.2 Å². The summed E-state index contributed by atoms with van der Waals surface area (Å²) < 4.78 is 13.1. The van der Waals surface area contributed by atoms with E-state index in [2.05, 4.69) is 10.3 Å². The van der Waals surface area contributed by atoms with Gasteiger partial charge >= 0.3 is 0 Å². The van der Waals surface area contributed by atoms with Crippen LogP contribution >= 0.6 is 0 Å². The Morgan fingerprint density at radius 2 is 2.08 bits per heavy atom. The maximum Gasteiger partial charge on any atom is 0.251 e. The van der Waals surface area contributed by atoms with Crippen LogP contribution in [0.3, 0.4) is 0 Å². The maximum atomic E-state index is 13.1. The van der Waals surface area contributed by atoms with Gasteiger partial charge in [-0.05, 0) is 43.0 Å². The van der Waals surface area contributed by atoms with Crippen molar-refractivity contribution in [2.45, 2.75) is 31.8 Å². The van der Waals surface area contributed by atoms with Gasteiger partial charge < -0.3 is 15.4 Å². The van der Waals surface area contributed by atoms with Crippen molar-refractivity contribution in [2.24, 2.45) is 5.41 Å². The fourth-order valence-electron chi connectivity index (χ4n) is 3.55. The second kappa shape index (κ2) is 7.19. The second-order valence-corrected chi connectivity index (χ2v) is 6.70. The predicted molar refractivity (Wildman–Crippen MR) is 91.8 cm³/mol. The molecular formula is C19H21FN2O3. The fourth-order valence-corrected chi connectivity index (χ4v) is 3.55. The average Bonchev–Trinajstić information content (AvgIpc) is 2.95. The van der Waals surface area contributed by atoms with Gasteiger partial charge in [0.1, 0.15) is 5.82 Å². The minimum absolute atomic E-state index is 0.285. The van der Waals surface area contributed by atoms with Gasteiger partial charge in [0.25, 0.3) is 5.91 Å². The van der Waals surface area contributed by atoms with E-state index in [1.807, 2.05) is 0 Å². The highest BCUT2D eigenvalue weighted by molar-refractivity contribution is 5.93. The number of carbonyl (C=O) groups is 1. The van der Waals surface area contributed by atoms with Crippen molar-refractivity contribution in [3.63, 3.8) is 0 Å². The summed E-state index contributed by atoms with van der Waals surface area (Å²) >= 11 is 0. The summed E-state index contributed by atoms with van der Waals surface area (Å²) in [5.74, 6) is -0.643. The van der Waals surface area contributed by atoms with Crippen molar-refractivity contribution >= 4 is 5.91 Å².